The van der Waals surface area contributed by atoms with Crippen LogP contribution in [0.2, 0.25) is 0 Å². The Morgan fingerprint density at radius 2 is 1.84 bits per heavy atom. The summed E-state index contributed by atoms with van der Waals surface area (Å²) in [5, 5.41) is 18.6. The lowest BCUT2D eigenvalue weighted by atomic mass is 10.1. The Morgan fingerprint density at radius 1 is 1.16 bits per heavy atom. The van der Waals surface area contributed by atoms with Crippen molar-refractivity contribution in [2.45, 2.75) is 6.04 Å². The number of nitrogens with one attached hydrogen (secondary N) is 2. The largest absolute Gasteiger partial charge is 0.394 e. The zero-order valence-corrected chi connectivity index (χ0v) is 12.9. The van der Waals surface area contributed by atoms with Gasteiger partial charge in [0.1, 0.15) is 17.3 Å². The number of carbonyl (C=O) groups excluding carboxylic acids is 1. The minimum Gasteiger partial charge on any atom is -0.394 e. The van der Waals surface area contributed by atoms with Crippen molar-refractivity contribution < 1.29 is 18.7 Å². The molecule has 0 bridgehead atoms. The molecule has 128 valence electrons. The Labute approximate surface area is 141 Å². The van der Waals surface area contributed by atoms with Crippen LogP contribution in [0.4, 0.5) is 8.78 Å². The number of aliphatic hydroxyl groups excluding tert-OH is 1. The van der Waals surface area contributed by atoms with E-state index < -0.39 is 30.2 Å². The van der Waals surface area contributed by atoms with Crippen LogP contribution in [0.25, 0.3) is 11.3 Å². The van der Waals surface area contributed by atoms with Crippen LogP contribution >= 0.6 is 0 Å². The Balaban J connectivity index is 1.78. The summed E-state index contributed by atoms with van der Waals surface area (Å²) in [6.45, 7) is -0.514. The summed E-state index contributed by atoms with van der Waals surface area (Å²) in [6.07, 6.45) is 3.20. The Bertz CT molecular complexity index is 863. The molecular formula is C17H14F2N4O2. The van der Waals surface area contributed by atoms with E-state index in [1.54, 1.807) is 24.5 Å². The molecule has 0 aliphatic carbocycles. The topological polar surface area (TPSA) is 90.9 Å². The Morgan fingerprint density at radius 3 is 2.48 bits per heavy atom. The molecule has 1 atom stereocenters. The van der Waals surface area contributed by atoms with Gasteiger partial charge in [0.25, 0.3) is 5.91 Å². The van der Waals surface area contributed by atoms with Gasteiger partial charge in [-0.1, -0.05) is 0 Å². The predicted molar refractivity (Wildman–Crippen MR) is 85.5 cm³/mol. The van der Waals surface area contributed by atoms with Gasteiger partial charge in [-0.15, -0.1) is 0 Å². The number of benzene rings is 1. The SMILES string of the molecule is O=C(NC(CO)c1cc(F)cc(F)c1)c1cc(-c2ccncc2)n[nH]1. The molecule has 0 aliphatic rings. The van der Waals surface area contributed by atoms with E-state index in [9.17, 15) is 18.7 Å². The summed E-state index contributed by atoms with van der Waals surface area (Å²) in [6, 6.07) is 6.89. The number of nitrogens with zero attached hydrogens (tertiary/aromatic N) is 2. The number of hydrogen-bond donors (Lipinski definition) is 3. The molecule has 8 heteroatoms. The van der Waals surface area contributed by atoms with Crippen LogP contribution in [0.1, 0.15) is 22.1 Å². The summed E-state index contributed by atoms with van der Waals surface area (Å²) in [4.78, 5) is 16.2. The zero-order valence-electron chi connectivity index (χ0n) is 12.9. The number of aromatic nitrogens is 3. The van der Waals surface area contributed by atoms with Crippen molar-refractivity contribution in [3.8, 4) is 11.3 Å². The lowest BCUT2D eigenvalue weighted by Gasteiger charge is -2.16. The van der Waals surface area contributed by atoms with E-state index in [-0.39, 0.29) is 11.3 Å². The van der Waals surface area contributed by atoms with Crippen LogP contribution in [0.3, 0.4) is 0 Å². The van der Waals surface area contributed by atoms with Gasteiger partial charge in [0.15, 0.2) is 0 Å². The molecule has 0 saturated heterocycles. The van der Waals surface area contributed by atoms with Crippen molar-refractivity contribution >= 4 is 5.91 Å². The van der Waals surface area contributed by atoms with Gasteiger partial charge in [-0.3, -0.25) is 14.9 Å². The third kappa shape index (κ3) is 3.86. The first-order valence-corrected chi connectivity index (χ1v) is 7.40. The number of halogens is 2. The Hall–Kier alpha value is -3.13. The molecule has 0 radical (unpaired) electrons. The quantitative estimate of drug-likeness (QED) is 0.662. The van der Waals surface area contributed by atoms with Gasteiger partial charge >= 0.3 is 0 Å². The first kappa shape index (κ1) is 16.7. The van der Waals surface area contributed by atoms with Crippen LogP contribution in [-0.4, -0.2) is 32.8 Å². The first-order chi connectivity index (χ1) is 12.1. The van der Waals surface area contributed by atoms with Gasteiger partial charge in [0, 0.05) is 24.0 Å². The van der Waals surface area contributed by atoms with Crippen molar-refractivity contribution in [1.29, 1.82) is 0 Å². The molecule has 0 aliphatic heterocycles. The van der Waals surface area contributed by atoms with Crippen molar-refractivity contribution in [3.63, 3.8) is 0 Å². The Kier molecular flexibility index (Phi) is 4.80. The zero-order chi connectivity index (χ0) is 17.8. The van der Waals surface area contributed by atoms with Crippen LogP contribution in [-0.2, 0) is 0 Å². The predicted octanol–water partition coefficient (Wildman–Crippen LogP) is 2.21. The molecule has 0 spiro atoms. The number of pyridine rings is 1. The second kappa shape index (κ2) is 7.18. The fourth-order valence-electron chi connectivity index (χ4n) is 2.36. The van der Waals surface area contributed by atoms with Crippen LogP contribution in [0.15, 0.2) is 48.8 Å². The number of H-pyrrole nitrogens is 1. The maximum atomic E-state index is 13.3. The molecule has 0 saturated carbocycles. The van der Waals surface area contributed by atoms with Crippen molar-refractivity contribution in [3.05, 3.63) is 71.7 Å². The number of aliphatic hydroxyl groups is 1. The van der Waals surface area contributed by atoms with Gasteiger partial charge in [0.2, 0.25) is 0 Å². The minimum atomic E-state index is -0.953. The van der Waals surface area contributed by atoms with Crippen molar-refractivity contribution in [2.75, 3.05) is 6.61 Å². The molecule has 1 aromatic carbocycles. The molecule has 2 heterocycles. The molecule has 3 aromatic rings. The number of amides is 1. The molecule has 2 aromatic heterocycles. The highest BCUT2D eigenvalue weighted by atomic mass is 19.1. The van der Waals surface area contributed by atoms with Crippen LogP contribution < -0.4 is 5.32 Å². The summed E-state index contributed by atoms with van der Waals surface area (Å²) in [5.41, 5.74) is 1.60. The lowest BCUT2D eigenvalue weighted by molar-refractivity contribution is 0.0911. The molecule has 3 rings (SSSR count). The maximum absolute atomic E-state index is 13.3. The maximum Gasteiger partial charge on any atom is 0.269 e. The molecule has 1 amide bonds. The normalized spacial score (nSPS) is 12.0. The van der Waals surface area contributed by atoms with Crippen LogP contribution in [0, 0.1) is 11.6 Å². The van der Waals surface area contributed by atoms with Crippen molar-refractivity contribution in [1.82, 2.24) is 20.5 Å². The highest BCUT2D eigenvalue weighted by molar-refractivity contribution is 5.93. The van der Waals surface area contributed by atoms with Gasteiger partial charge < -0.3 is 10.4 Å². The van der Waals surface area contributed by atoms with E-state index in [4.69, 9.17) is 0 Å². The lowest BCUT2D eigenvalue weighted by Crippen LogP contribution is -2.31. The van der Waals surface area contributed by atoms with E-state index >= 15 is 0 Å². The fraction of sp³-hybridized carbons (Fsp3) is 0.118. The highest BCUT2D eigenvalue weighted by Gasteiger charge is 2.18. The number of aromatic amines is 1. The third-order valence-electron chi connectivity index (χ3n) is 3.57. The third-order valence-corrected chi connectivity index (χ3v) is 3.57. The number of hydrogen-bond acceptors (Lipinski definition) is 4. The smallest absolute Gasteiger partial charge is 0.269 e. The average molecular weight is 344 g/mol. The van der Waals surface area contributed by atoms with Gasteiger partial charge in [0.05, 0.1) is 18.3 Å². The van der Waals surface area contributed by atoms with E-state index in [1.165, 1.54) is 6.07 Å². The number of rotatable bonds is 5. The van der Waals surface area contributed by atoms with E-state index in [0.717, 1.165) is 23.8 Å². The van der Waals surface area contributed by atoms with Gasteiger partial charge in [-0.05, 0) is 35.9 Å². The van der Waals surface area contributed by atoms with Gasteiger partial charge in [-0.25, -0.2) is 8.78 Å². The molecule has 3 N–H and O–H groups in total. The standard InChI is InChI=1S/C17H14F2N4O2/c18-12-5-11(6-13(19)7-12)16(9-24)21-17(25)15-8-14(22-23-15)10-1-3-20-4-2-10/h1-8,16,24H,9H2,(H,21,25)(H,22,23). The summed E-state index contributed by atoms with van der Waals surface area (Å²) in [5.74, 6) is -2.13. The summed E-state index contributed by atoms with van der Waals surface area (Å²) >= 11 is 0. The molecule has 1 unspecified atom stereocenters. The summed E-state index contributed by atoms with van der Waals surface area (Å²) < 4.78 is 26.6. The highest BCUT2D eigenvalue weighted by Crippen LogP contribution is 2.19. The molecule has 0 fully saturated rings. The summed E-state index contributed by atoms with van der Waals surface area (Å²) in [7, 11) is 0. The molecule has 25 heavy (non-hydrogen) atoms. The molecule has 6 nitrogen and oxygen atoms in total. The van der Waals surface area contributed by atoms with Crippen LogP contribution in [0.5, 0.6) is 0 Å². The monoisotopic (exact) mass is 344 g/mol. The first-order valence-electron chi connectivity index (χ1n) is 7.40. The van der Waals surface area contributed by atoms with E-state index in [2.05, 4.69) is 20.5 Å². The van der Waals surface area contributed by atoms with Gasteiger partial charge in [-0.2, -0.15) is 5.10 Å². The van der Waals surface area contributed by atoms with E-state index in [1.807, 2.05) is 0 Å². The van der Waals surface area contributed by atoms with E-state index in [0.29, 0.717) is 5.69 Å². The van der Waals surface area contributed by atoms with Crippen molar-refractivity contribution in [2.24, 2.45) is 0 Å². The minimum absolute atomic E-state index is 0.127. The molecular weight excluding hydrogens is 330 g/mol. The number of carbonyl (C=O) groups is 1. The second-order valence-electron chi connectivity index (χ2n) is 5.31. The average Bonchev–Trinajstić information content (AvgIpc) is 3.09. The fourth-order valence-corrected chi connectivity index (χ4v) is 2.36. The second-order valence-corrected chi connectivity index (χ2v) is 5.31.